The van der Waals surface area contributed by atoms with E-state index in [1.165, 1.54) is 49.0 Å². The predicted octanol–water partition coefficient (Wildman–Crippen LogP) is 4.22. The maximum atomic E-state index is 3.76. The summed E-state index contributed by atoms with van der Waals surface area (Å²) in [6.07, 6.45) is 4.08. The summed E-state index contributed by atoms with van der Waals surface area (Å²) in [4.78, 5) is 2.69. The smallest absolute Gasteiger partial charge is 0.0504 e. The minimum atomic E-state index is 0.148. The molecule has 1 heterocycles. The van der Waals surface area contributed by atoms with Crippen molar-refractivity contribution in [1.29, 1.82) is 0 Å². The van der Waals surface area contributed by atoms with Crippen molar-refractivity contribution < 1.29 is 0 Å². The molecule has 0 bridgehead atoms. The van der Waals surface area contributed by atoms with Gasteiger partial charge in [0.05, 0.1) is 6.04 Å². The van der Waals surface area contributed by atoms with E-state index in [1.54, 1.807) is 0 Å². The molecule has 1 aliphatic heterocycles. The Kier molecular flexibility index (Phi) is 5.45. The molecule has 118 valence electrons. The second-order valence-corrected chi connectivity index (χ2v) is 6.98. The summed E-state index contributed by atoms with van der Waals surface area (Å²) >= 11 is 0. The number of hydrogen-bond donors (Lipinski definition) is 1. The molecule has 2 heteroatoms. The zero-order valence-electron chi connectivity index (χ0n) is 14.5. The van der Waals surface area contributed by atoms with Gasteiger partial charge in [-0.15, -0.1) is 0 Å². The number of benzene rings is 1. The van der Waals surface area contributed by atoms with Gasteiger partial charge in [-0.05, 0) is 76.9 Å². The van der Waals surface area contributed by atoms with E-state index in [0.717, 1.165) is 6.54 Å². The second-order valence-electron chi connectivity index (χ2n) is 6.98. The Morgan fingerprint density at radius 1 is 1.14 bits per heavy atom. The van der Waals surface area contributed by atoms with Crippen LogP contribution in [0.3, 0.4) is 0 Å². The van der Waals surface area contributed by atoms with Crippen molar-refractivity contribution in [3.8, 4) is 0 Å². The molecule has 0 aliphatic carbocycles. The highest BCUT2D eigenvalue weighted by Crippen LogP contribution is 2.35. The monoisotopic (exact) mass is 288 g/mol. The highest BCUT2D eigenvalue weighted by Gasteiger charge is 2.37. The number of rotatable bonds is 5. The zero-order valence-corrected chi connectivity index (χ0v) is 14.5. The first-order valence-electron chi connectivity index (χ1n) is 8.53. The predicted molar refractivity (Wildman–Crippen MR) is 91.8 cm³/mol. The average molecular weight is 288 g/mol. The van der Waals surface area contributed by atoms with E-state index >= 15 is 0 Å². The number of likely N-dealkylation sites (N-methyl/N-ethyl adjacent to an activating group) is 1. The quantitative estimate of drug-likeness (QED) is 0.872. The first-order valence-corrected chi connectivity index (χ1v) is 8.53. The van der Waals surface area contributed by atoms with Gasteiger partial charge in [0.1, 0.15) is 0 Å². The molecule has 1 aliphatic rings. The van der Waals surface area contributed by atoms with Gasteiger partial charge in [0.2, 0.25) is 0 Å². The Morgan fingerprint density at radius 3 is 2.43 bits per heavy atom. The summed E-state index contributed by atoms with van der Waals surface area (Å²) in [5.41, 5.74) is 4.44. The fraction of sp³-hybridized carbons (Fsp3) is 0.684. The van der Waals surface area contributed by atoms with E-state index < -0.39 is 0 Å². The van der Waals surface area contributed by atoms with E-state index in [9.17, 15) is 0 Å². The van der Waals surface area contributed by atoms with E-state index in [4.69, 9.17) is 0 Å². The Bertz CT molecular complexity index is 459. The van der Waals surface area contributed by atoms with Gasteiger partial charge in [-0.1, -0.05) is 31.5 Å². The van der Waals surface area contributed by atoms with Gasteiger partial charge < -0.3 is 5.32 Å². The van der Waals surface area contributed by atoms with Crippen LogP contribution in [0.2, 0.25) is 0 Å². The molecule has 1 aromatic rings. The van der Waals surface area contributed by atoms with Crippen LogP contribution in [0.15, 0.2) is 18.2 Å². The van der Waals surface area contributed by atoms with Gasteiger partial charge in [0, 0.05) is 5.54 Å². The highest BCUT2D eigenvalue weighted by atomic mass is 15.2. The van der Waals surface area contributed by atoms with Gasteiger partial charge in [-0.25, -0.2) is 0 Å². The van der Waals surface area contributed by atoms with E-state index in [-0.39, 0.29) is 5.54 Å². The minimum absolute atomic E-state index is 0.148. The topological polar surface area (TPSA) is 15.3 Å². The lowest BCUT2D eigenvalue weighted by atomic mass is 9.83. The Balaban J connectivity index is 2.34. The van der Waals surface area contributed by atoms with Gasteiger partial charge in [0.15, 0.2) is 0 Å². The van der Waals surface area contributed by atoms with Crippen molar-refractivity contribution in [3.05, 3.63) is 34.9 Å². The fourth-order valence-electron chi connectivity index (χ4n) is 3.68. The standard InChI is InChI=1S/C19H32N2/c1-6-20-18(17-12-10-11-15(2)16(17)3)19(4,5)21-13-8-7-9-14-21/h10-12,18,20H,6-9,13-14H2,1-5H3. The van der Waals surface area contributed by atoms with Gasteiger partial charge in [0.25, 0.3) is 0 Å². The van der Waals surface area contributed by atoms with Crippen molar-refractivity contribution in [2.75, 3.05) is 19.6 Å². The number of piperidine rings is 1. The number of aryl methyl sites for hydroxylation is 1. The van der Waals surface area contributed by atoms with Crippen LogP contribution in [-0.4, -0.2) is 30.1 Å². The SMILES string of the molecule is CCNC(c1cccc(C)c1C)C(C)(C)N1CCCCC1. The van der Waals surface area contributed by atoms with Gasteiger partial charge in [-0.3, -0.25) is 4.90 Å². The van der Waals surface area contributed by atoms with E-state index in [1.807, 2.05) is 0 Å². The van der Waals surface area contributed by atoms with Crippen molar-refractivity contribution in [2.24, 2.45) is 0 Å². The maximum Gasteiger partial charge on any atom is 0.0504 e. The molecule has 2 rings (SSSR count). The highest BCUT2D eigenvalue weighted by molar-refractivity contribution is 5.37. The molecule has 1 atom stereocenters. The molecular weight excluding hydrogens is 256 g/mol. The summed E-state index contributed by atoms with van der Waals surface area (Å²) in [5.74, 6) is 0. The van der Waals surface area contributed by atoms with Crippen molar-refractivity contribution in [3.63, 3.8) is 0 Å². The van der Waals surface area contributed by atoms with Crippen LogP contribution in [0.25, 0.3) is 0 Å². The molecule has 1 saturated heterocycles. The molecule has 2 nitrogen and oxygen atoms in total. The van der Waals surface area contributed by atoms with Crippen LogP contribution in [0, 0.1) is 13.8 Å². The molecule has 1 aromatic carbocycles. The Labute approximate surface area is 130 Å². The van der Waals surface area contributed by atoms with Crippen molar-refractivity contribution >= 4 is 0 Å². The molecular formula is C19H32N2. The summed E-state index contributed by atoms with van der Waals surface area (Å²) < 4.78 is 0. The van der Waals surface area contributed by atoms with Crippen LogP contribution >= 0.6 is 0 Å². The Hall–Kier alpha value is -0.860. The van der Waals surface area contributed by atoms with Crippen molar-refractivity contribution in [1.82, 2.24) is 10.2 Å². The van der Waals surface area contributed by atoms with Crippen molar-refractivity contribution in [2.45, 2.75) is 65.5 Å². The number of nitrogens with one attached hydrogen (secondary N) is 1. The van der Waals surface area contributed by atoms with Crippen LogP contribution < -0.4 is 5.32 Å². The van der Waals surface area contributed by atoms with E-state index in [0.29, 0.717) is 6.04 Å². The van der Waals surface area contributed by atoms with Gasteiger partial charge in [-0.2, -0.15) is 0 Å². The lowest BCUT2D eigenvalue weighted by Crippen LogP contribution is -2.54. The summed E-state index contributed by atoms with van der Waals surface area (Å²) in [6.45, 7) is 15.0. The molecule has 0 aromatic heterocycles. The van der Waals surface area contributed by atoms with Crippen LogP contribution in [0.5, 0.6) is 0 Å². The minimum Gasteiger partial charge on any atom is -0.309 e. The van der Waals surface area contributed by atoms with Crippen LogP contribution in [0.1, 0.15) is 62.8 Å². The molecule has 21 heavy (non-hydrogen) atoms. The maximum absolute atomic E-state index is 3.76. The second kappa shape index (κ2) is 6.93. The summed E-state index contributed by atoms with van der Waals surface area (Å²) in [5, 5.41) is 3.76. The first-order chi connectivity index (χ1) is 9.98. The normalized spacial score (nSPS) is 18.7. The third kappa shape index (κ3) is 3.49. The van der Waals surface area contributed by atoms with E-state index in [2.05, 4.69) is 63.0 Å². The molecule has 0 radical (unpaired) electrons. The lowest BCUT2D eigenvalue weighted by molar-refractivity contribution is 0.0611. The lowest BCUT2D eigenvalue weighted by Gasteiger charge is -2.47. The van der Waals surface area contributed by atoms with Gasteiger partial charge >= 0.3 is 0 Å². The van der Waals surface area contributed by atoms with Crippen LogP contribution in [0.4, 0.5) is 0 Å². The third-order valence-electron chi connectivity index (χ3n) is 5.24. The molecule has 1 fully saturated rings. The Morgan fingerprint density at radius 2 is 1.81 bits per heavy atom. The van der Waals surface area contributed by atoms with Crippen LogP contribution in [-0.2, 0) is 0 Å². The number of nitrogens with zero attached hydrogens (tertiary/aromatic N) is 1. The third-order valence-corrected chi connectivity index (χ3v) is 5.24. The molecule has 0 amide bonds. The molecule has 0 saturated carbocycles. The summed E-state index contributed by atoms with van der Waals surface area (Å²) in [6, 6.07) is 7.12. The molecule has 1 N–H and O–H groups in total. The zero-order chi connectivity index (χ0) is 15.5. The fourth-order valence-corrected chi connectivity index (χ4v) is 3.68. The first kappa shape index (κ1) is 16.5. The number of likely N-dealkylation sites (tertiary alicyclic amines) is 1. The molecule has 1 unspecified atom stereocenters. The number of hydrogen-bond acceptors (Lipinski definition) is 2. The molecule has 0 spiro atoms. The average Bonchev–Trinajstić information content (AvgIpc) is 2.49. The largest absolute Gasteiger partial charge is 0.309 e. The summed E-state index contributed by atoms with van der Waals surface area (Å²) in [7, 11) is 0.